The number of sulfonamides is 1. The van der Waals surface area contributed by atoms with Gasteiger partial charge in [-0.25, -0.2) is 8.42 Å². The van der Waals surface area contributed by atoms with Gasteiger partial charge in [-0.05, 0) is 56.7 Å². The molecule has 2 rings (SSSR count). The number of hydrogen-bond donors (Lipinski definition) is 1. The molecule has 2 aromatic rings. The Labute approximate surface area is 164 Å². The zero-order valence-corrected chi connectivity index (χ0v) is 17.2. The number of amides is 1. The van der Waals surface area contributed by atoms with Gasteiger partial charge in [0.1, 0.15) is 0 Å². The third-order valence-corrected chi connectivity index (χ3v) is 6.63. The van der Waals surface area contributed by atoms with E-state index < -0.39 is 15.9 Å². The number of nitrogens with one attached hydrogen (secondary N) is 1. The zero-order valence-electron chi connectivity index (χ0n) is 14.9. The van der Waals surface area contributed by atoms with Crippen LogP contribution in [0, 0.1) is 6.92 Å². The van der Waals surface area contributed by atoms with Crippen molar-refractivity contribution >= 4 is 44.8 Å². The van der Waals surface area contributed by atoms with Gasteiger partial charge in [-0.2, -0.15) is 4.31 Å². The van der Waals surface area contributed by atoms with Gasteiger partial charge in [-0.15, -0.1) is 0 Å². The van der Waals surface area contributed by atoms with Gasteiger partial charge in [0.05, 0.1) is 26.2 Å². The fraction of sp³-hybridized carbons (Fsp3) is 0.278. The van der Waals surface area contributed by atoms with E-state index in [1.165, 1.54) is 29.6 Å². The van der Waals surface area contributed by atoms with E-state index in [4.69, 9.17) is 23.2 Å². The van der Waals surface area contributed by atoms with Gasteiger partial charge < -0.3 is 5.32 Å². The Morgan fingerprint density at radius 2 is 1.73 bits per heavy atom. The van der Waals surface area contributed by atoms with Gasteiger partial charge in [0.2, 0.25) is 10.0 Å². The highest BCUT2D eigenvalue weighted by Gasteiger charge is 2.25. The molecule has 0 fully saturated rings. The van der Waals surface area contributed by atoms with Crippen LogP contribution in [-0.2, 0) is 10.0 Å². The highest BCUT2D eigenvalue weighted by atomic mass is 35.5. The SMILES string of the molecule is Cc1ccc(NC(=O)c2cc(S(=O)(=O)N(C)C(C)C)ccc2Cl)c(Cl)c1. The van der Waals surface area contributed by atoms with Crippen LogP contribution in [0.1, 0.15) is 29.8 Å². The number of anilines is 1. The summed E-state index contributed by atoms with van der Waals surface area (Å²) in [5.74, 6) is -0.537. The van der Waals surface area contributed by atoms with Gasteiger partial charge >= 0.3 is 0 Å². The smallest absolute Gasteiger partial charge is 0.257 e. The van der Waals surface area contributed by atoms with Crippen LogP contribution in [0.3, 0.4) is 0 Å². The number of carbonyl (C=O) groups excluding carboxylic acids is 1. The number of rotatable bonds is 5. The summed E-state index contributed by atoms with van der Waals surface area (Å²) < 4.78 is 26.5. The van der Waals surface area contributed by atoms with Crippen LogP contribution < -0.4 is 5.32 Å². The fourth-order valence-corrected chi connectivity index (χ4v) is 4.07. The third kappa shape index (κ3) is 4.38. The normalized spacial score (nSPS) is 11.8. The average molecular weight is 415 g/mol. The van der Waals surface area contributed by atoms with E-state index in [1.807, 2.05) is 13.0 Å². The molecule has 0 aliphatic heterocycles. The monoisotopic (exact) mass is 414 g/mol. The molecule has 0 atom stereocenters. The summed E-state index contributed by atoms with van der Waals surface area (Å²) in [6.45, 7) is 5.41. The maximum atomic E-state index is 12.6. The molecule has 0 unspecified atom stereocenters. The van der Waals surface area contributed by atoms with Crippen molar-refractivity contribution in [1.29, 1.82) is 0 Å². The minimum Gasteiger partial charge on any atom is -0.321 e. The van der Waals surface area contributed by atoms with Crippen LogP contribution in [0.5, 0.6) is 0 Å². The molecule has 0 aromatic heterocycles. The molecule has 0 spiro atoms. The molecule has 5 nitrogen and oxygen atoms in total. The molecular formula is C18H20Cl2N2O3S. The summed E-state index contributed by atoms with van der Waals surface area (Å²) in [6.07, 6.45) is 0. The molecule has 8 heteroatoms. The maximum Gasteiger partial charge on any atom is 0.257 e. The Hall–Kier alpha value is -1.60. The fourth-order valence-electron chi connectivity index (χ4n) is 2.19. The van der Waals surface area contributed by atoms with Crippen LogP contribution >= 0.6 is 23.2 Å². The molecular weight excluding hydrogens is 395 g/mol. The molecule has 0 saturated heterocycles. The summed E-state index contributed by atoms with van der Waals surface area (Å²) >= 11 is 12.2. The van der Waals surface area contributed by atoms with Crippen LogP contribution in [0.15, 0.2) is 41.3 Å². The lowest BCUT2D eigenvalue weighted by Gasteiger charge is -2.21. The molecule has 1 amide bonds. The van der Waals surface area contributed by atoms with Crippen molar-refractivity contribution in [2.75, 3.05) is 12.4 Å². The minimum atomic E-state index is -3.73. The number of halogens is 2. The van der Waals surface area contributed by atoms with Crippen molar-refractivity contribution < 1.29 is 13.2 Å². The summed E-state index contributed by atoms with van der Waals surface area (Å²) in [7, 11) is -2.24. The first-order chi connectivity index (χ1) is 12.0. The topological polar surface area (TPSA) is 66.5 Å². The maximum absolute atomic E-state index is 12.6. The first-order valence-corrected chi connectivity index (χ1v) is 10.1. The van der Waals surface area contributed by atoms with E-state index in [9.17, 15) is 13.2 Å². The summed E-state index contributed by atoms with van der Waals surface area (Å²) in [5, 5.41) is 3.20. The van der Waals surface area contributed by atoms with Crippen molar-refractivity contribution in [2.24, 2.45) is 0 Å². The quantitative estimate of drug-likeness (QED) is 0.777. The van der Waals surface area contributed by atoms with Gasteiger partial charge in [0, 0.05) is 13.1 Å². The second kappa shape index (κ2) is 7.96. The van der Waals surface area contributed by atoms with Crippen molar-refractivity contribution in [3.63, 3.8) is 0 Å². The van der Waals surface area contributed by atoms with Gasteiger partial charge in [-0.1, -0.05) is 29.3 Å². The first-order valence-electron chi connectivity index (χ1n) is 7.89. The lowest BCUT2D eigenvalue weighted by atomic mass is 10.2. The average Bonchev–Trinajstić information content (AvgIpc) is 2.56. The van der Waals surface area contributed by atoms with E-state index in [-0.39, 0.29) is 21.5 Å². The highest BCUT2D eigenvalue weighted by molar-refractivity contribution is 7.89. The molecule has 0 radical (unpaired) electrons. The van der Waals surface area contributed by atoms with Gasteiger partial charge in [0.25, 0.3) is 5.91 Å². The number of carbonyl (C=O) groups is 1. The van der Waals surface area contributed by atoms with E-state index >= 15 is 0 Å². The van der Waals surface area contributed by atoms with Crippen molar-refractivity contribution in [2.45, 2.75) is 31.7 Å². The Balaban J connectivity index is 2.39. The van der Waals surface area contributed by atoms with E-state index in [2.05, 4.69) is 5.32 Å². The number of nitrogens with zero attached hydrogens (tertiary/aromatic N) is 1. The van der Waals surface area contributed by atoms with E-state index in [0.717, 1.165) is 5.56 Å². The Morgan fingerprint density at radius 1 is 1.08 bits per heavy atom. The summed E-state index contributed by atoms with van der Waals surface area (Å²) in [6, 6.07) is 9.03. The minimum absolute atomic E-state index is 0.00162. The Bertz CT molecular complexity index is 943. The van der Waals surface area contributed by atoms with Crippen LogP contribution in [0.2, 0.25) is 10.0 Å². The highest BCUT2D eigenvalue weighted by Crippen LogP contribution is 2.27. The van der Waals surface area contributed by atoms with Crippen LogP contribution in [-0.4, -0.2) is 31.7 Å². The van der Waals surface area contributed by atoms with Crippen LogP contribution in [0.25, 0.3) is 0 Å². The first kappa shape index (κ1) is 20.7. The van der Waals surface area contributed by atoms with Gasteiger partial charge in [0.15, 0.2) is 0 Å². The molecule has 2 aromatic carbocycles. The molecule has 0 heterocycles. The molecule has 0 bridgehead atoms. The zero-order chi connectivity index (χ0) is 19.6. The molecule has 0 aliphatic rings. The molecule has 26 heavy (non-hydrogen) atoms. The lowest BCUT2D eigenvalue weighted by Crippen LogP contribution is -2.33. The van der Waals surface area contributed by atoms with Gasteiger partial charge in [-0.3, -0.25) is 4.79 Å². The molecule has 0 saturated carbocycles. The summed E-state index contributed by atoms with van der Waals surface area (Å²) in [5.41, 5.74) is 1.43. The second-order valence-electron chi connectivity index (χ2n) is 6.19. The Kier molecular flexibility index (Phi) is 6.34. The van der Waals surface area contributed by atoms with E-state index in [1.54, 1.807) is 26.0 Å². The number of hydrogen-bond acceptors (Lipinski definition) is 3. The molecule has 1 N–H and O–H groups in total. The predicted octanol–water partition coefficient (Wildman–Crippen LogP) is 4.58. The number of benzene rings is 2. The molecule has 140 valence electrons. The van der Waals surface area contributed by atoms with Crippen molar-refractivity contribution in [3.05, 3.63) is 57.6 Å². The Morgan fingerprint density at radius 3 is 2.31 bits per heavy atom. The number of aryl methyl sites for hydroxylation is 1. The van der Waals surface area contributed by atoms with Crippen molar-refractivity contribution in [3.8, 4) is 0 Å². The second-order valence-corrected chi connectivity index (χ2v) is 9.01. The standard InChI is InChI=1S/C18H20Cl2N2O3S/c1-11(2)22(4)26(24,25)13-6-7-15(19)14(10-13)18(23)21-17-8-5-12(3)9-16(17)20/h5-11H,1-4H3,(H,21,23). The lowest BCUT2D eigenvalue weighted by molar-refractivity contribution is 0.102. The predicted molar refractivity (Wildman–Crippen MR) is 106 cm³/mol. The third-order valence-electron chi connectivity index (χ3n) is 3.96. The largest absolute Gasteiger partial charge is 0.321 e. The van der Waals surface area contributed by atoms with Crippen LogP contribution in [0.4, 0.5) is 5.69 Å². The van der Waals surface area contributed by atoms with E-state index in [0.29, 0.717) is 10.7 Å². The molecule has 0 aliphatic carbocycles. The summed E-state index contributed by atoms with van der Waals surface area (Å²) in [4.78, 5) is 12.6. The van der Waals surface area contributed by atoms with Crippen molar-refractivity contribution in [1.82, 2.24) is 4.31 Å².